The van der Waals surface area contributed by atoms with Crippen LogP contribution in [-0.2, 0) is 4.79 Å². The highest BCUT2D eigenvalue weighted by Gasteiger charge is 2.39. The standard InChI is InChI=1S/C23H26N4O2/c1-13(2)20(21-25-18-9-4-5-10-19(18)26-21)27-22(28)15-7-6-8-16(12-15)24-23(29)17-11-14(17)3/h4-10,12-14,17,20H,11H2,1-3H3,(H,24,29)(H,25,26)(H,27,28)/t14-,17-,20+/m1/s1. The number of para-hydroxylation sites is 2. The zero-order chi connectivity index (χ0) is 20.5. The maximum Gasteiger partial charge on any atom is 0.251 e. The molecule has 3 aromatic rings. The van der Waals surface area contributed by atoms with Gasteiger partial charge in [-0.2, -0.15) is 0 Å². The number of carbonyl (C=O) groups excluding carboxylic acids is 2. The summed E-state index contributed by atoms with van der Waals surface area (Å²) in [5.74, 6) is 1.25. The average molecular weight is 390 g/mol. The third-order valence-electron chi connectivity index (χ3n) is 5.49. The van der Waals surface area contributed by atoms with Crippen molar-refractivity contribution in [1.29, 1.82) is 0 Å². The van der Waals surface area contributed by atoms with Gasteiger partial charge in [-0.05, 0) is 48.6 Å². The fraction of sp³-hybridized carbons (Fsp3) is 0.348. The molecule has 29 heavy (non-hydrogen) atoms. The highest BCUT2D eigenvalue weighted by Crippen LogP contribution is 2.38. The van der Waals surface area contributed by atoms with Crippen molar-refractivity contribution in [2.24, 2.45) is 17.8 Å². The molecule has 1 aromatic heterocycles. The van der Waals surface area contributed by atoms with E-state index in [2.05, 4.69) is 27.5 Å². The number of amides is 2. The number of fused-ring (bicyclic) bond motifs is 1. The molecular formula is C23H26N4O2. The minimum absolute atomic E-state index is 0.0254. The summed E-state index contributed by atoms with van der Waals surface area (Å²) < 4.78 is 0. The Hall–Kier alpha value is -3.15. The van der Waals surface area contributed by atoms with Crippen LogP contribution < -0.4 is 10.6 Å². The van der Waals surface area contributed by atoms with Gasteiger partial charge >= 0.3 is 0 Å². The molecule has 150 valence electrons. The summed E-state index contributed by atoms with van der Waals surface area (Å²) in [6.07, 6.45) is 0.930. The van der Waals surface area contributed by atoms with E-state index in [4.69, 9.17) is 0 Å². The summed E-state index contributed by atoms with van der Waals surface area (Å²) in [7, 11) is 0. The molecule has 0 saturated heterocycles. The second kappa shape index (κ2) is 7.70. The van der Waals surface area contributed by atoms with Crippen molar-refractivity contribution >= 4 is 28.5 Å². The average Bonchev–Trinajstić information content (AvgIpc) is 3.28. The van der Waals surface area contributed by atoms with Crippen molar-refractivity contribution in [1.82, 2.24) is 15.3 Å². The van der Waals surface area contributed by atoms with Crippen LogP contribution in [0.3, 0.4) is 0 Å². The maximum atomic E-state index is 12.9. The first-order valence-electron chi connectivity index (χ1n) is 10.1. The SMILES string of the molecule is CC(C)[C@H](NC(=O)c1cccc(NC(=O)[C@@H]2C[C@H]2C)c1)c1nc2ccccc2[nH]1. The van der Waals surface area contributed by atoms with Crippen LogP contribution in [0.1, 0.15) is 49.4 Å². The predicted molar refractivity (Wildman–Crippen MR) is 113 cm³/mol. The first-order chi connectivity index (χ1) is 13.9. The van der Waals surface area contributed by atoms with Gasteiger partial charge in [0, 0.05) is 17.2 Å². The molecule has 6 nitrogen and oxygen atoms in total. The van der Waals surface area contributed by atoms with Gasteiger partial charge in [-0.25, -0.2) is 4.98 Å². The summed E-state index contributed by atoms with van der Waals surface area (Å²) in [6, 6.07) is 14.6. The highest BCUT2D eigenvalue weighted by atomic mass is 16.2. The molecule has 0 radical (unpaired) electrons. The van der Waals surface area contributed by atoms with Crippen molar-refractivity contribution in [2.45, 2.75) is 33.2 Å². The van der Waals surface area contributed by atoms with E-state index in [-0.39, 0.29) is 29.7 Å². The number of aromatic nitrogens is 2. The van der Waals surface area contributed by atoms with Crippen LogP contribution >= 0.6 is 0 Å². The Balaban J connectivity index is 1.50. The smallest absolute Gasteiger partial charge is 0.251 e. The molecule has 1 aliphatic carbocycles. The third-order valence-corrected chi connectivity index (χ3v) is 5.49. The quantitative estimate of drug-likeness (QED) is 0.587. The van der Waals surface area contributed by atoms with E-state index in [0.29, 0.717) is 17.2 Å². The Kier molecular flexibility index (Phi) is 5.09. The van der Waals surface area contributed by atoms with Crippen LogP contribution in [0.2, 0.25) is 0 Å². The molecule has 6 heteroatoms. The Labute approximate surface area is 170 Å². The number of nitrogens with zero attached hydrogens (tertiary/aromatic N) is 1. The van der Waals surface area contributed by atoms with Gasteiger partial charge in [0.2, 0.25) is 5.91 Å². The number of anilines is 1. The Morgan fingerprint density at radius 3 is 2.59 bits per heavy atom. The van der Waals surface area contributed by atoms with E-state index < -0.39 is 0 Å². The predicted octanol–water partition coefficient (Wildman–Crippen LogP) is 4.28. The van der Waals surface area contributed by atoms with Gasteiger partial charge in [0.05, 0.1) is 17.1 Å². The fourth-order valence-corrected chi connectivity index (χ4v) is 3.56. The lowest BCUT2D eigenvalue weighted by Gasteiger charge is -2.20. The molecule has 0 aliphatic heterocycles. The van der Waals surface area contributed by atoms with Crippen molar-refractivity contribution in [3.8, 4) is 0 Å². The molecule has 1 aliphatic rings. The summed E-state index contributed by atoms with van der Waals surface area (Å²) in [4.78, 5) is 33.1. The van der Waals surface area contributed by atoms with Crippen LogP contribution in [0.25, 0.3) is 11.0 Å². The number of aromatic amines is 1. The second-order valence-corrected chi connectivity index (χ2v) is 8.22. The molecule has 0 bridgehead atoms. The molecule has 1 saturated carbocycles. The first-order valence-corrected chi connectivity index (χ1v) is 10.1. The minimum Gasteiger partial charge on any atom is -0.342 e. The number of hydrogen-bond acceptors (Lipinski definition) is 3. The van der Waals surface area contributed by atoms with E-state index in [9.17, 15) is 9.59 Å². The summed E-state index contributed by atoms with van der Waals surface area (Å²) in [5.41, 5.74) is 2.97. The van der Waals surface area contributed by atoms with Crippen LogP contribution in [0.15, 0.2) is 48.5 Å². The molecule has 3 N–H and O–H groups in total. The van der Waals surface area contributed by atoms with Crippen molar-refractivity contribution < 1.29 is 9.59 Å². The fourth-order valence-electron chi connectivity index (χ4n) is 3.56. The summed E-state index contributed by atoms with van der Waals surface area (Å²) in [5, 5.41) is 6.00. The van der Waals surface area contributed by atoms with Gasteiger partial charge in [0.25, 0.3) is 5.91 Å². The molecule has 2 amide bonds. The van der Waals surface area contributed by atoms with Crippen molar-refractivity contribution in [2.75, 3.05) is 5.32 Å². The largest absolute Gasteiger partial charge is 0.342 e. The molecule has 1 heterocycles. The monoisotopic (exact) mass is 390 g/mol. The molecule has 3 atom stereocenters. The summed E-state index contributed by atoms with van der Waals surface area (Å²) in [6.45, 7) is 6.16. The van der Waals surface area contributed by atoms with E-state index in [1.54, 1.807) is 24.3 Å². The van der Waals surface area contributed by atoms with E-state index >= 15 is 0 Å². The maximum absolute atomic E-state index is 12.9. The number of H-pyrrole nitrogens is 1. The number of rotatable bonds is 6. The van der Waals surface area contributed by atoms with Gasteiger partial charge in [-0.1, -0.05) is 39.0 Å². The van der Waals surface area contributed by atoms with Crippen molar-refractivity contribution in [3.05, 3.63) is 59.9 Å². The zero-order valence-electron chi connectivity index (χ0n) is 16.9. The van der Waals surface area contributed by atoms with Gasteiger partial charge in [0.15, 0.2) is 0 Å². The number of imidazole rings is 1. The topological polar surface area (TPSA) is 86.9 Å². The molecule has 1 fully saturated rings. The normalized spacial score (nSPS) is 19.2. The van der Waals surface area contributed by atoms with Gasteiger partial charge in [-0.15, -0.1) is 0 Å². The number of carbonyl (C=O) groups is 2. The summed E-state index contributed by atoms with van der Waals surface area (Å²) >= 11 is 0. The van der Waals surface area contributed by atoms with E-state index in [1.165, 1.54) is 0 Å². The van der Waals surface area contributed by atoms with Crippen LogP contribution in [-0.4, -0.2) is 21.8 Å². The molecule has 2 aromatic carbocycles. The molecule has 4 rings (SSSR count). The van der Waals surface area contributed by atoms with E-state index in [0.717, 1.165) is 23.3 Å². The van der Waals surface area contributed by atoms with Crippen LogP contribution in [0, 0.1) is 17.8 Å². The number of nitrogens with one attached hydrogen (secondary N) is 3. The van der Waals surface area contributed by atoms with Crippen molar-refractivity contribution in [3.63, 3.8) is 0 Å². The Morgan fingerprint density at radius 1 is 1.14 bits per heavy atom. The number of benzene rings is 2. The van der Waals surface area contributed by atoms with E-state index in [1.807, 2.05) is 38.1 Å². The Morgan fingerprint density at radius 2 is 1.90 bits per heavy atom. The number of hydrogen-bond donors (Lipinski definition) is 3. The highest BCUT2D eigenvalue weighted by molar-refractivity contribution is 5.98. The van der Waals surface area contributed by atoms with Crippen LogP contribution in [0.5, 0.6) is 0 Å². The molecule has 0 unspecified atom stereocenters. The third kappa shape index (κ3) is 4.16. The van der Waals surface area contributed by atoms with Gasteiger partial charge in [0.1, 0.15) is 5.82 Å². The minimum atomic E-state index is -0.250. The zero-order valence-corrected chi connectivity index (χ0v) is 16.9. The lowest BCUT2D eigenvalue weighted by Crippen LogP contribution is -2.32. The van der Waals surface area contributed by atoms with Gasteiger partial charge < -0.3 is 15.6 Å². The van der Waals surface area contributed by atoms with Crippen LogP contribution in [0.4, 0.5) is 5.69 Å². The van der Waals surface area contributed by atoms with Gasteiger partial charge in [-0.3, -0.25) is 9.59 Å². The molecule has 0 spiro atoms. The first kappa shape index (κ1) is 19.2. The lowest BCUT2D eigenvalue weighted by atomic mass is 10.0. The lowest BCUT2D eigenvalue weighted by molar-refractivity contribution is -0.117. The Bertz CT molecular complexity index is 1020. The second-order valence-electron chi connectivity index (χ2n) is 8.22. The molecular weight excluding hydrogens is 364 g/mol.